The van der Waals surface area contributed by atoms with Crippen molar-refractivity contribution in [2.24, 2.45) is 17.8 Å². The minimum atomic E-state index is -4.02. The number of hydrogen-bond acceptors (Lipinski definition) is 8. The number of ether oxygens (including phenoxy) is 2. The van der Waals surface area contributed by atoms with Gasteiger partial charge in [-0.15, -0.1) is 0 Å². The Morgan fingerprint density at radius 3 is 2.38 bits per heavy atom. The van der Waals surface area contributed by atoms with Crippen LogP contribution in [0.25, 0.3) is 11.3 Å². The maximum atomic E-state index is 13.9. The molecule has 1 fully saturated rings. The quantitative estimate of drug-likeness (QED) is 0.223. The number of aryl methyl sites for hydroxylation is 2. The van der Waals surface area contributed by atoms with Crippen LogP contribution in [-0.4, -0.2) is 41.1 Å². The summed E-state index contributed by atoms with van der Waals surface area (Å²) in [6.45, 7) is 12.9. The monoisotopic (exact) mass is 655 g/mol. The van der Waals surface area contributed by atoms with E-state index in [4.69, 9.17) is 19.4 Å². The van der Waals surface area contributed by atoms with Gasteiger partial charge in [-0.25, -0.2) is 28.1 Å². The summed E-state index contributed by atoms with van der Waals surface area (Å²) in [5.74, 6) is 2.43. The molecule has 1 unspecified atom stereocenters. The third kappa shape index (κ3) is 7.27. The van der Waals surface area contributed by atoms with Gasteiger partial charge in [-0.05, 0) is 81.2 Å². The van der Waals surface area contributed by atoms with Gasteiger partial charge in [0.25, 0.3) is 10.0 Å². The van der Waals surface area contributed by atoms with Crippen molar-refractivity contribution in [1.29, 1.82) is 0 Å². The molecule has 1 N–H and O–H groups in total. The maximum absolute atomic E-state index is 13.9. The third-order valence-corrected chi connectivity index (χ3v) is 10.7. The zero-order valence-corrected chi connectivity index (χ0v) is 28.9. The molecule has 0 spiro atoms. The molecule has 47 heavy (non-hydrogen) atoms. The molecule has 1 saturated carbocycles. The summed E-state index contributed by atoms with van der Waals surface area (Å²) in [6, 6.07) is 15.2. The second-order valence-electron chi connectivity index (χ2n) is 13.7. The van der Waals surface area contributed by atoms with E-state index in [-0.39, 0.29) is 34.7 Å². The summed E-state index contributed by atoms with van der Waals surface area (Å²) in [5, 5.41) is 0. The molecule has 2 aromatic carbocycles. The van der Waals surface area contributed by atoms with Gasteiger partial charge in [-0.2, -0.15) is 4.98 Å². The molecule has 4 bridgehead atoms. The highest BCUT2D eigenvalue weighted by Gasteiger charge is 2.41. The molecule has 248 valence electrons. The molecular formula is C37H45N5O4S. The molecule has 0 radical (unpaired) electrons. The topological polar surface area (TPSA) is 116 Å². The summed E-state index contributed by atoms with van der Waals surface area (Å²) in [7, 11) is -4.02. The van der Waals surface area contributed by atoms with Crippen molar-refractivity contribution < 1.29 is 17.9 Å². The summed E-state index contributed by atoms with van der Waals surface area (Å²) in [4.78, 5) is 19.1. The number of nitrogens with zero attached hydrogens (tertiary/aromatic N) is 4. The Balaban J connectivity index is 1.51. The number of fused-ring (bicyclic) bond motifs is 6. The highest BCUT2D eigenvalue weighted by atomic mass is 32.2. The van der Waals surface area contributed by atoms with Crippen molar-refractivity contribution in [3.8, 4) is 22.9 Å². The minimum Gasteiger partial charge on any atom is -0.488 e. The van der Waals surface area contributed by atoms with Crippen LogP contribution in [0.15, 0.2) is 65.8 Å². The molecular weight excluding hydrogens is 611 g/mol. The summed E-state index contributed by atoms with van der Waals surface area (Å²) in [5.41, 5.74) is 4.55. The van der Waals surface area contributed by atoms with Crippen LogP contribution in [0.2, 0.25) is 0 Å². The Hall–Kier alpha value is -4.05. The van der Waals surface area contributed by atoms with Crippen molar-refractivity contribution in [2.75, 3.05) is 11.3 Å². The number of rotatable bonds is 6. The Kier molecular flexibility index (Phi) is 9.50. The lowest BCUT2D eigenvalue weighted by Crippen LogP contribution is -2.32. The van der Waals surface area contributed by atoms with Crippen LogP contribution in [0.5, 0.6) is 11.6 Å². The van der Waals surface area contributed by atoms with Crippen LogP contribution in [0.4, 0.5) is 5.95 Å². The molecule has 1 aliphatic heterocycles. The molecule has 4 aromatic rings. The fourth-order valence-corrected chi connectivity index (χ4v) is 8.48. The zero-order chi connectivity index (χ0) is 33.3. The molecule has 1 aliphatic carbocycles. The standard InChI is InChI=1S/C37H45N5O4S/c1-22(2)16-26-12-9-15-30(36-38-19-28(20-39-36)46-23(3)4)35-27-13-8-14-29(17-27)47(43,44)42-37-40-32(18-33(41-37)45-21-31(26)35)34-24(5)10-7-11-25(34)6/h7-8,10-11,13-14,17-20,22-23,26,30-31,35H,9,12,15-16,21H2,1-6H3,(H,40,41,42)/t26-,30-,31+,35?/m0/s1. The lowest BCUT2D eigenvalue weighted by molar-refractivity contribution is 0.141. The number of hydrogen-bond donors (Lipinski definition) is 1. The van der Waals surface area contributed by atoms with Gasteiger partial charge in [0.15, 0.2) is 5.75 Å². The third-order valence-electron chi connectivity index (χ3n) is 9.36. The minimum absolute atomic E-state index is 0.0164. The van der Waals surface area contributed by atoms with E-state index >= 15 is 0 Å². The first kappa shape index (κ1) is 32.9. The molecule has 2 aliphatic rings. The van der Waals surface area contributed by atoms with E-state index < -0.39 is 10.0 Å². The molecule has 0 amide bonds. The van der Waals surface area contributed by atoms with E-state index in [1.165, 1.54) is 0 Å². The average molecular weight is 656 g/mol. The summed E-state index contributed by atoms with van der Waals surface area (Å²) < 4.78 is 43.0. The van der Waals surface area contributed by atoms with Gasteiger partial charge in [0.05, 0.1) is 35.7 Å². The number of aromatic nitrogens is 4. The van der Waals surface area contributed by atoms with E-state index in [0.717, 1.165) is 53.8 Å². The predicted octanol–water partition coefficient (Wildman–Crippen LogP) is 7.86. The summed E-state index contributed by atoms with van der Waals surface area (Å²) in [6.07, 6.45) is 7.48. The molecule has 6 rings (SSSR count). The second kappa shape index (κ2) is 13.6. The van der Waals surface area contributed by atoms with Gasteiger partial charge in [0, 0.05) is 29.4 Å². The van der Waals surface area contributed by atoms with E-state index in [0.29, 0.717) is 35.8 Å². The van der Waals surface area contributed by atoms with Crippen LogP contribution >= 0.6 is 0 Å². The van der Waals surface area contributed by atoms with Crippen molar-refractivity contribution in [1.82, 2.24) is 19.9 Å². The van der Waals surface area contributed by atoms with Crippen molar-refractivity contribution in [2.45, 2.75) is 90.1 Å². The number of sulfonamides is 1. The SMILES string of the molecule is Cc1cccc(C)c1-c1cc2nc(n1)NS(=O)(=O)c1cccc(c1)C1[C@@H](c3ncc(OC(C)C)cn3)CCC[C@@H](CC(C)C)[C@H]1CO2. The van der Waals surface area contributed by atoms with Gasteiger partial charge in [0.1, 0.15) is 5.82 Å². The van der Waals surface area contributed by atoms with E-state index in [1.807, 2.05) is 64.1 Å². The second-order valence-corrected chi connectivity index (χ2v) is 15.4. The molecule has 2 aromatic heterocycles. The Bertz CT molecular complexity index is 1810. The first-order valence-electron chi connectivity index (χ1n) is 16.7. The smallest absolute Gasteiger partial charge is 0.264 e. The van der Waals surface area contributed by atoms with Crippen molar-refractivity contribution in [3.63, 3.8) is 0 Å². The fourth-order valence-electron chi connectivity index (χ4n) is 7.48. The maximum Gasteiger partial charge on any atom is 0.264 e. The lowest BCUT2D eigenvalue weighted by Gasteiger charge is -2.36. The Morgan fingerprint density at radius 1 is 0.957 bits per heavy atom. The molecule has 3 heterocycles. The van der Waals surface area contributed by atoms with Crippen molar-refractivity contribution >= 4 is 16.0 Å². The predicted molar refractivity (Wildman–Crippen MR) is 183 cm³/mol. The van der Waals surface area contributed by atoms with Gasteiger partial charge in [-0.1, -0.05) is 57.0 Å². The Morgan fingerprint density at radius 2 is 1.68 bits per heavy atom. The van der Waals surface area contributed by atoms with Crippen LogP contribution in [0.3, 0.4) is 0 Å². The highest BCUT2D eigenvalue weighted by molar-refractivity contribution is 7.92. The summed E-state index contributed by atoms with van der Waals surface area (Å²) >= 11 is 0. The van der Waals surface area contributed by atoms with Crippen LogP contribution in [0.1, 0.15) is 87.7 Å². The largest absolute Gasteiger partial charge is 0.488 e. The normalized spacial score (nSPS) is 22.2. The van der Waals surface area contributed by atoms with Gasteiger partial charge >= 0.3 is 0 Å². The van der Waals surface area contributed by atoms with Crippen LogP contribution in [-0.2, 0) is 10.0 Å². The van der Waals surface area contributed by atoms with Gasteiger partial charge in [-0.3, -0.25) is 0 Å². The number of anilines is 1. The Labute approximate surface area is 278 Å². The molecule has 0 saturated heterocycles. The van der Waals surface area contributed by atoms with Gasteiger partial charge in [0.2, 0.25) is 11.8 Å². The molecule has 10 heteroatoms. The van der Waals surface area contributed by atoms with Crippen LogP contribution < -0.4 is 14.2 Å². The van der Waals surface area contributed by atoms with E-state index in [1.54, 1.807) is 24.5 Å². The zero-order valence-electron chi connectivity index (χ0n) is 28.1. The average Bonchev–Trinajstić information content (AvgIpc) is 3.18. The van der Waals surface area contributed by atoms with Gasteiger partial charge < -0.3 is 9.47 Å². The van der Waals surface area contributed by atoms with E-state index in [9.17, 15) is 8.42 Å². The van der Waals surface area contributed by atoms with E-state index in [2.05, 4.69) is 28.5 Å². The molecule has 9 nitrogen and oxygen atoms in total. The first-order valence-corrected chi connectivity index (χ1v) is 18.2. The first-order chi connectivity index (χ1) is 22.5. The highest BCUT2D eigenvalue weighted by Crippen LogP contribution is 2.49. The van der Waals surface area contributed by atoms with Crippen molar-refractivity contribution in [3.05, 3.63) is 83.4 Å². The van der Waals surface area contributed by atoms with Crippen LogP contribution in [0, 0.1) is 31.6 Å². The number of benzene rings is 2. The lowest BCUT2D eigenvalue weighted by atomic mass is 9.70. The number of nitrogens with one attached hydrogen (secondary N) is 1. The fraction of sp³-hybridized carbons (Fsp3) is 0.459. The molecule has 4 atom stereocenters.